The lowest BCUT2D eigenvalue weighted by Crippen LogP contribution is -2.17. The van der Waals surface area contributed by atoms with Crippen molar-refractivity contribution in [2.24, 2.45) is 0 Å². The van der Waals surface area contributed by atoms with E-state index in [1.165, 1.54) is 11.1 Å². The summed E-state index contributed by atoms with van der Waals surface area (Å²) in [7, 11) is 2.00. The molecule has 0 aromatic carbocycles. The highest BCUT2D eigenvalue weighted by Crippen LogP contribution is 2.23. The fraction of sp³-hybridized carbons (Fsp3) is 0.385. The molecule has 0 aliphatic heterocycles. The lowest BCUT2D eigenvalue weighted by Gasteiger charge is -2.14. The standard InChI is InChI=1S/C13H17NOS/c1-10-12(5-7-15-10)13(14-2)4-3-11-6-8-16-9-11/h5-9,13-14H,3-4H2,1-2H3. The van der Waals surface area contributed by atoms with E-state index in [1.54, 1.807) is 17.6 Å². The predicted molar refractivity (Wildman–Crippen MR) is 67.9 cm³/mol. The average Bonchev–Trinajstić information content (AvgIpc) is 2.92. The van der Waals surface area contributed by atoms with Crippen molar-refractivity contribution in [3.05, 3.63) is 46.0 Å². The zero-order chi connectivity index (χ0) is 11.4. The minimum atomic E-state index is 0.388. The summed E-state index contributed by atoms with van der Waals surface area (Å²) < 4.78 is 5.35. The molecule has 0 aliphatic carbocycles. The molecule has 1 atom stereocenters. The molecule has 2 aromatic heterocycles. The maximum Gasteiger partial charge on any atom is 0.105 e. The number of aryl methyl sites for hydroxylation is 2. The Morgan fingerprint density at radius 3 is 2.88 bits per heavy atom. The Balaban J connectivity index is 1.99. The summed E-state index contributed by atoms with van der Waals surface area (Å²) in [5.41, 5.74) is 2.70. The number of hydrogen-bond donors (Lipinski definition) is 1. The minimum Gasteiger partial charge on any atom is -0.469 e. The van der Waals surface area contributed by atoms with Gasteiger partial charge in [-0.3, -0.25) is 0 Å². The molecule has 2 nitrogen and oxygen atoms in total. The van der Waals surface area contributed by atoms with Crippen molar-refractivity contribution in [2.75, 3.05) is 7.05 Å². The van der Waals surface area contributed by atoms with Gasteiger partial charge in [0.15, 0.2) is 0 Å². The number of hydrogen-bond acceptors (Lipinski definition) is 3. The van der Waals surface area contributed by atoms with E-state index < -0.39 is 0 Å². The van der Waals surface area contributed by atoms with Crippen LogP contribution in [0.1, 0.15) is 29.3 Å². The van der Waals surface area contributed by atoms with Gasteiger partial charge in [-0.2, -0.15) is 11.3 Å². The topological polar surface area (TPSA) is 25.2 Å². The molecule has 1 N–H and O–H groups in total. The largest absolute Gasteiger partial charge is 0.469 e. The first kappa shape index (κ1) is 11.4. The van der Waals surface area contributed by atoms with Gasteiger partial charge in [0.1, 0.15) is 5.76 Å². The lowest BCUT2D eigenvalue weighted by atomic mass is 10.0. The van der Waals surface area contributed by atoms with Gasteiger partial charge in [0, 0.05) is 11.6 Å². The second-order valence-electron chi connectivity index (χ2n) is 3.94. The van der Waals surface area contributed by atoms with E-state index in [1.807, 2.05) is 14.0 Å². The van der Waals surface area contributed by atoms with Gasteiger partial charge in [0.25, 0.3) is 0 Å². The zero-order valence-electron chi connectivity index (χ0n) is 9.69. The van der Waals surface area contributed by atoms with E-state index in [0.29, 0.717) is 6.04 Å². The van der Waals surface area contributed by atoms with Crippen LogP contribution in [0.25, 0.3) is 0 Å². The summed E-state index contributed by atoms with van der Waals surface area (Å²) in [5, 5.41) is 7.70. The molecule has 3 heteroatoms. The molecule has 0 aliphatic rings. The normalized spacial score (nSPS) is 12.9. The van der Waals surface area contributed by atoms with E-state index in [2.05, 4.69) is 28.2 Å². The van der Waals surface area contributed by atoms with Gasteiger partial charge in [-0.1, -0.05) is 0 Å². The third-order valence-corrected chi connectivity index (χ3v) is 3.66. The third kappa shape index (κ3) is 2.54. The van der Waals surface area contributed by atoms with Crippen LogP contribution in [-0.4, -0.2) is 7.05 Å². The molecule has 16 heavy (non-hydrogen) atoms. The van der Waals surface area contributed by atoms with Crippen molar-refractivity contribution in [3.63, 3.8) is 0 Å². The van der Waals surface area contributed by atoms with Crippen LogP contribution in [0.4, 0.5) is 0 Å². The molecule has 0 fully saturated rings. The number of furan rings is 1. The van der Waals surface area contributed by atoms with Crippen LogP contribution in [0, 0.1) is 6.92 Å². The van der Waals surface area contributed by atoms with Crippen LogP contribution in [0.15, 0.2) is 33.6 Å². The maximum atomic E-state index is 5.35. The van der Waals surface area contributed by atoms with Crippen LogP contribution in [0.5, 0.6) is 0 Å². The highest BCUT2D eigenvalue weighted by Gasteiger charge is 2.13. The van der Waals surface area contributed by atoms with E-state index in [0.717, 1.165) is 18.6 Å². The highest BCUT2D eigenvalue weighted by atomic mass is 32.1. The second-order valence-corrected chi connectivity index (χ2v) is 4.72. The Labute approximate surface area is 100 Å². The molecule has 0 amide bonds. The molecule has 0 bridgehead atoms. The van der Waals surface area contributed by atoms with Gasteiger partial charge in [-0.05, 0) is 55.3 Å². The molecule has 2 rings (SSSR count). The molecule has 0 radical (unpaired) electrons. The lowest BCUT2D eigenvalue weighted by molar-refractivity contribution is 0.501. The van der Waals surface area contributed by atoms with Gasteiger partial charge in [-0.15, -0.1) is 0 Å². The third-order valence-electron chi connectivity index (χ3n) is 2.92. The van der Waals surface area contributed by atoms with Crippen LogP contribution in [0.2, 0.25) is 0 Å². The first-order valence-corrected chi connectivity index (χ1v) is 6.48. The quantitative estimate of drug-likeness (QED) is 0.857. The van der Waals surface area contributed by atoms with Crippen molar-refractivity contribution in [1.82, 2.24) is 5.32 Å². The van der Waals surface area contributed by atoms with Crippen molar-refractivity contribution >= 4 is 11.3 Å². The molecule has 1 unspecified atom stereocenters. The number of nitrogens with one attached hydrogen (secondary N) is 1. The maximum absolute atomic E-state index is 5.35. The van der Waals surface area contributed by atoms with Crippen LogP contribution in [0.3, 0.4) is 0 Å². The first-order chi connectivity index (χ1) is 7.81. The first-order valence-electron chi connectivity index (χ1n) is 5.53. The van der Waals surface area contributed by atoms with Crippen molar-refractivity contribution < 1.29 is 4.42 Å². The summed E-state index contributed by atoms with van der Waals surface area (Å²) in [5.74, 6) is 1.02. The van der Waals surface area contributed by atoms with Crippen LogP contribution >= 0.6 is 11.3 Å². The molecule has 2 heterocycles. The second kappa shape index (κ2) is 5.32. The Kier molecular flexibility index (Phi) is 3.80. The van der Waals surface area contributed by atoms with E-state index in [4.69, 9.17) is 4.42 Å². The monoisotopic (exact) mass is 235 g/mol. The zero-order valence-corrected chi connectivity index (χ0v) is 10.5. The van der Waals surface area contributed by atoms with Gasteiger partial charge in [0.05, 0.1) is 6.26 Å². The fourth-order valence-corrected chi connectivity index (χ4v) is 2.66. The number of thiophene rings is 1. The Morgan fingerprint density at radius 1 is 1.44 bits per heavy atom. The molecule has 86 valence electrons. The van der Waals surface area contributed by atoms with Crippen LogP contribution < -0.4 is 5.32 Å². The molecule has 0 saturated heterocycles. The average molecular weight is 235 g/mol. The van der Waals surface area contributed by atoms with Crippen molar-refractivity contribution in [1.29, 1.82) is 0 Å². The summed E-state index contributed by atoms with van der Waals surface area (Å²) >= 11 is 1.76. The summed E-state index contributed by atoms with van der Waals surface area (Å²) in [4.78, 5) is 0. The Bertz CT molecular complexity index is 419. The predicted octanol–water partition coefficient (Wildman–Crippen LogP) is 3.54. The van der Waals surface area contributed by atoms with Gasteiger partial charge in [-0.25, -0.2) is 0 Å². The molecular weight excluding hydrogens is 218 g/mol. The van der Waals surface area contributed by atoms with E-state index in [-0.39, 0.29) is 0 Å². The fourth-order valence-electron chi connectivity index (χ4n) is 1.96. The minimum absolute atomic E-state index is 0.388. The molecule has 2 aromatic rings. The van der Waals surface area contributed by atoms with Gasteiger partial charge < -0.3 is 9.73 Å². The Morgan fingerprint density at radius 2 is 2.31 bits per heavy atom. The smallest absolute Gasteiger partial charge is 0.105 e. The SMILES string of the molecule is CNC(CCc1ccsc1)c1ccoc1C. The molecular formula is C13H17NOS. The molecule has 0 saturated carbocycles. The van der Waals surface area contributed by atoms with Crippen molar-refractivity contribution in [3.8, 4) is 0 Å². The highest BCUT2D eigenvalue weighted by molar-refractivity contribution is 7.07. The number of rotatable bonds is 5. The van der Waals surface area contributed by atoms with Gasteiger partial charge >= 0.3 is 0 Å². The van der Waals surface area contributed by atoms with Crippen molar-refractivity contribution in [2.45, 2.75) is 25.8 Å². The summed E-state index contributed by atoms with van der Waals surface area (Å²) in [6.45, 7) is 2.02. The Hall–Kier alpha value is -1.06. The van der Waals surface area contributed by atoms with E-state index in [9.17, 15) is 0 Å². The summed E-state index contributed by atoms with van der Waals surface area (Å²) in [6, 6.07) is 4.64. The molecule has 0 spiro atoms. The summed E-state index contributed by atoms with van der Waals surface area (Å²) in [6.07, 6.45) is 3.98. The van der Waals surface area contributed by atoms with Gasteiger partial charge in [0.2, 0.25) is 0 Å². The van der Waals surface area contributed by atoms with E-state index >= 15 is 0 Å². The van der Waals surface area contributed by atoms with Crippen LogP contribution in [-0.2, 0) is 6.42 Å².